The number of Topliss-reactive ketones (excluding diaryl/α,β-unsaturated/α-hetero) is 1. The molecule has 0 aliphatic carbocycles. The van der Waals surface area contributed by atoms with Crippen molar-refractivity contribution < 1.29 is 9.59 Å². The molecular weight excluding hydrogens is 186 g/mol. The predicted molar refractivity (Wildman–Crippen MR) is 50.2 cm³/mol. The fourth-order valence-corrected chi connectivity index (χ4v) is 0.522. The Hall–Kier alpha value is -2.14. The van der Waals surface area contributed by atoms with Gasteiger partial charge in [-0.3, -0.25) is 9.59 Å². The Bertz CT molecular complexity index is 340. The van der Waals surface area contributed by atoms with Gasteiger partial charge in [0, 0.05) is 12.0 Å². The number of nitrogens with zero attached hydrogens (tertiary/aromatic N) is 5. The van der Waals surface area contributed by atoms with Crippen LogP contribution in [0.3, 0.4) is 0 Å². The summed E-state index contributed by atoms with van der Waals surface area (Å²) in [7, 11) is 1.32. The highest BCUT2D eigenvalue weighted by molar-refractivity contribution is 6.17. The lowest BCUT2D eigenvalue weighted by Gasteiger charge is -2.09. The third-order valence-corrected chi connectivity index (χ3v) is 1.31. The molecule has 0 saturated heterocycles. The molecule has 0 aromatic heterocycles. The molecule has 0 aliphatic heterocycles. The standard InChI is InChI=1S/C7H9N5O2/c1-5(6(2)13)7(14)12(3)10-4-9-11-8/h4H,1H2,2-3H3/b10-4+. The van der Waals surface area contributed by atoms with Gasteiger partial charge in [-0.05, 0) is 17.6 Å². The van der Waals surface area contributed by atoms with E-state index in [2.05, 4.69) is 21.7 Å². The summed E-state index contributed by atoms with van der Waals surface area (Å²) in [6.45, 7) is 4.51. The number of amides is 1. The van der Waals surface area contributed by atoms with Crippen molar-refractivity contribution in [2.45, 2.75) is 6.92 Å². The molecule has 0 unspecified atom stereocenters. The van der Waals surface area contributed by atoms with Crippen LogP contribution in [0.25, 0.3) is 10.4 Å². The van der Waals surface area contributed by atoms with E-state index >= 15 is 0 Å². The molecule has 0 N–H and O–H groups in total. The van der Waals surface area contributed by atoms with Gasteiger partial charge in [-0.2, -0.15) is 5.10 Å². The van der Waals surface area contributed by atoms with E-state index in [0.717, 1.165) is 11.3 Å². The summed E-state index contributed by atoms with van der Waals surface area (Å²) < 4.78 is 0. The lowest BCUT2D eigenvalue weighted by Crippen LogP contribution is -2.25. The van der Waals surface area contributed by atoms with E-state index in [9.17, 15) is 9.59 Å². The Morgan fingerprint density at radius 1 is 1.57 bits per heavy atom. The quantitative estimate of drug-likeness (QED) is 0.0764. The van der Waals surface area contributed by atoms with Gasteiger partial charge in [-0.25, -0.2) is 5.01 Å². The largest absolute Gasteiger partial charge is 0.294 e. The Morgan fingerprint density at radius 2 is 2.14 bits per heavy atom. The second kappa shape index (κ2) is 5.50. The van der Waals surface area contributed by atoms with E-state index in [1.165, 1.54) is 14.0 Å². The van der Waals surface area contributed by atoms with E-state index in [0.29, 0.717) is 0 Å². The number of hydrogen-bond acceptors (Lipinski definition) is 3. The van der Waals surface area contributed by atoms with Crippen LogP contribution in [-0.2, 0) is 9.59 Å². The second-order valence-electron chi connectivity index (χ2n) is 2.30. The maximum Gasteiger partial charge on any atom is 0.276 e. The summed E-state index contributed by atoms with van der Waals surface area (Å²) in [5.74, 6) is -1.07. The van der Waals surface area contributed by atoms with Crippen LogP contribution in [-0.4, -0.2) is 30.1 Å². The van der Waals surface area contributed by atoms with Crippen LogP contribution >= 0.6 is 0 Å². The van der Waals surface area contributed by atoms with Gasteiger partial charge in [0.05, 0.1) is 5.57 Å². The van der Waals surface area contributed by atoms with Crippen molar-refractivity contribution in [2.24, 2.45) is 10.2 Å². The van der Waals surface area contributed by atoms with Crippen molar-refractivity contribution in [3.63, 3.8) is 0 Å². The van der Waals surface area contributed by atoms with Crippen molar-refractivity contribution in [2.75, 3.05) is 7.05 Å². The number of rotatable bonds is 4. The second-order valence-corrected chi connectivity index (χ2v) is 2.30. The first kappa shape index (κ1) is 11.9. The Balaban J connectivity index is 4.47. The number of likely N-dealkylation sites (N-methyl/N-ethyl adjacent to an activating group) is 1. The zero-order valence-electron chi connectivity index (χ0n) is 7.84. The zero-order chi connectivity index (χ0) is 11.1. The number of ketones is 1. The highest BCUT2D eigenvalue weighted by Gasteiger charge is 2.14. The van der Waals surface area contributed by atoms with Gasteiger partial charge in [0.1, 0.15) is 6.34 Å². The number of carbonyl (C=O) groups is 2. The molecule has 0 fully saturated rings. The van der Waals surface area contributed by atoms with Gasteiger partial charge in [0.2, 0.25) is 0 Å². The number of carbonyl (C=O) groups excluding carboxylic acids is 2. The third kappa shape index (κ3) is 3.51. The molecule has 0 radical (unpaired) electrons. The monoisotopic (exact) mass is 195 g/mol. The minimum absolute atomic E-state index is 0.175. The fraction of sp³-hybridized carbons (Fsp3) is 0.286. The molecule has 1 amide bonds. The maximum atomic E-state index is 11.2. The van der Waals surface area contributed by atoms with Crippen molar-refractivity contribution in [3.8, 4) is 0 Å². The first-order valence-electron chi connectivity index (χ1n) is 3.55. The lowest BCUT2D eigenvalue weighted by molar-refractivity contribution is -0.128. The third-order valence-electron chi connectivity index (χ3n) is 1.31. The summed E-state index contributed by atoms with van der Waals surface area (Å²) in [4.78, 5) is 24.4. The molecule has 7 heteroatoms. The molecule has 0 heterocycles. The van der Waals surface area contributed by atoms with Crippen molar-refractivity contribution in [1.82, 2.24) is 5.01 Å². The average Bonchev–Trinajstić information content (AvgIpc) is 2.15. The summed E-state index contributed by atoms with van der Waals surface area (Å²) in [6.07, 6.45) is 0.852. The highest BCUT2D eigenvalue weighted by atomic mass is 16.2. The van der Waals surface area contributed by atoms with Crippen molar-refractivity contribution in [1.29, 1.82) is 0 Å². The highest BCUT2D eigenvalue weighted by Crippen LogP contribution is 1.98. The van der Waals surface area contributed by atoms with Crippen LogP contribution in [0.2, 0.25) is 0 Å². The molecule has 0 aromatic carbocycles. The van der Waals surface area contributed by atoms with Crippen LogP contribution in [0.15, 0.2) is 22.4 Å². The molecule has 0 aliphatic rings. The molecule has 0 atom stereocenters. The topological polar surface area (TPSA) is 98.5 Å². The van der Waals surface area contributed by atoms with Crippen molar-refractivity contribution in [3.05, 3.63) is 22.6 Å². The summed E-state index contributed by atoms with van der Waals surface area (Å²) in [5.41, 5.74) is 7.73. The van der Waals surface area contributed by atoms with Gasteiger partial charge >= 0.3 is 0 Å². The number of hydrogen-bond donors (Lipinski definition) is 0. The van der Waals surface area contributed by atoms with E-state index in [1.54, 1.807) is 0 Å². The molecule has 0 rings (SSSR count). The maximum absolute atomic E-state index is 11.2. The van der Waals surface area contributed by atoms with Crippen LogP contribution in [0, 0.1) is 0 Å². The van der Waals surface area contributed by atoms with E-state index in [4.69, 9.17) is 5.53 Å². The minimum atomic E-state index is -0.637. The van der Waals surface area contributed by atoms with Crippen LogP contribution in [0.5, 0.6) is 0 Å². The first-order chi connectivity index (χ1) is 6.50. The first-order valence-corrected chi connectivity index (χ1v) is 3.55. The molecule has 74 valence electrons. The molecule has 0 saturated carbocycles. The Morgan fingerprint density at radius 3 is 2.57 bits per heavy atom. The fourth-order valence-electron chi connectivity index (χ4n) is 0.522. The molecule has 0 aromatic rings. The smallest absolute Gasteiger partial charge is 0.276 e. The van der Waals surface area contributed by atoms with E-state index in [-0.39, 0.29) is 5.57 Å². The molecule has 7 nitrogen and oxygen atoms in total. The molecule has 14 heavy (non-hydrogen) atoms. The van der Waals surface area contributed by atoms with Crippen LogP contribution in [0.4, 0.5) is 0 Å². The summed E-state index contributed by atoms with van der Waals surface area (Å²) in [6, 6.07) is 0. The molecular formula is C7H9N5O2. The Labute approximate surface area is 80.3 Å². The number of azide groups is 1. The van der Waals surface area contributed by atoms with E-state index in [1.807, 2.05) is 0 Å². The minimum Gasteiger partial charge on any atom is -0.294 e. The normalized spacial score (nSPS) is 9.29. The van der Waals surface area contributed by atoms with Crippen molar-refractivity contribution >= 4 is 18.0 Å². The Kier molecular flexibility index (Phi) is 4.66. The van der Waals surface area contributed by atoms with Gasteiger partial charge in [0.25, 0.3) is 5.91 Å². The lowest BCUT2D eigenvalue weighted by atomic mass is 10.2. The molecule has 0 bridgehead atoms. The van der Waals surface area contributed by atoms with E-state index < -0.39 is 11.7 Å². The van der Waals surface area contributed by atoms with Crippen LogP contribution in [0.1, 0.15) is 6.92 Å². The average molecular weight is 195 g/mol. The van der Waals surface area contributed by atoms with Crippen LogP contribution < -0.4 is 0 Å². The zero-order valence-corrected chi connectivity index (χ0v) is 7.84. The van der Waals surface area contributed by atoms with Gasteiger partial charge < -0.3 is 0 Å². The van der Waals surface area contributed by atoms with Gasteiger partial charge in [-0.1, -0.05) is 6.58 Å². The van der Waals surface area contributed by atoms with Gasteiger partial charge in [0.15, 0.2) is 5.78 Å². The number of hydrazone groups is 1. The SMILES string of the molecule is C=C(C(C)=O)C(=O)N(C)/N=C/N=[N+]=[N-]. The summed E-state index contributed by atoms with van der Waals surface area (Å²) >= 11 is 0. The predicted octanol–water partition coefficient (Wildman–Crippen LogP) is 0.844. The molecule has 0 spiro atoms. The van der Waals surface area contributed by atoms with Gasteiger partial charge in [-0.15, -0.1) is 0 Å². The summed E-state index contributed by atoms with van der Waals surface area (Å²) in [5, 5.41) is 7.28.